The molecule has 2 aliphatic heterocycles. The Labute approximate surface area is 110 Å². The summed E-state index contributed by atoms with van der Waals surface area (Å²) in [5, 5.41) is 17.9. The predicted octanol–water partition coefficient (Wildman–Crippen LogP) is 1.28. The van der Waals surface area contributed by atoms with Crippen LogP contribution in [-0.4, -0.2) is 46.3 Å². The zero-order chi connectivity index (χ0) is 13.4. The van der Waals surface area contributed by atoms with Crippen molar-refractivity contribution in [2.45, 2.75) is 24.9 Å². The Balaban J connectivity index is 1.81. The number of fused-ring (bicyclic) bond motifs is 1. The normalized spacial score (nSPS) is 25.2. The van der Waals surface area contributed by atoms with Gasteiger partial charge in [0.2, 0.25) is 0 Å². The first-order valence-electron chi connectivity index (χ1n) is 6.33. The van der Waals surface area contributed by atoms with E-state index in [9.17, 15) is 4.79 Å². The number of anilines is 1. The van der Waals surface area contributed by atoms with Gasteiger partial charge in [0, 0.05) is 19.3 Å². The first-order valence-corrected chi connectivity index (χ1v) is 6.33. The van der Waals surface area contributed by atoms with Crippen LogP contribution in [0.25, 0.3) is 0 Å². The van der Waals surface area contributed by atoms with Gasteiger partial charge in [0.1, 0.15) is 11.9 Å². The highest BCUT2D eigenvalue weighted by Gasteiger charge is 2.44. The Kier molecular flexibility index (Phi) is 2.75. The van der Waals surface area contributed by atoms with Crippen LogP contribution in [0.5, 0.6) is 0 Å². The second kappa shape index (κ2) is 4.43. The van der Waals surface area contributed by atoms with Crippen LogP contribution in [0.15, 0.2) is 18.3 Å². The zero-order valence-electron chi connectivity index (χ0n) is 10.4. The summed E-state index contributed by atoms with van der Waals surface area (Å²) < 4.78 is 0. The van der Waals surface area contributed by atoms with Gasteiger partial charge in [0.25, 0.3) is 0 Å². The van der Waals surface area contributed by atoms with Crippen molar-refractivity contribution >= 4 is 11.9 Å². The van der Waals surface area contributed by atoms with E-state index in [4.69, 9.17) is 10.4 Å². The molecule has 0 spiro atoms. The molecule has 3 rings (SSSR count). The van der Waals surface area contributed by atoms with E-state index in [1.165, 1.54) is 4.90 Å². The number of hydrogen-bond acceptors (Lipinski definition) is 4. The highest BCUT2D eigenvalue weighted by atomic mass is 16.4. The van der Waals surface area contributed by atoms with Gasteiger partial charge < -0.3 is 14.9 Å². The Morgan fingerprint density at radius 3 is 2.79 bits per heavy atom. The summed E-state index contributed by atoms with van der Waals surface area (Å²) in [4.78, 5) is 19.1. The lowest BCUT2D eigenvalue weighted by molar-refractivity contribution is 0.140. The average Bonchev–Trinajstić information content (AvgIpc) is 2.99. The van der Waals surface area contributed by atoms with Gasteiger partial charge in [-0.05, 0) is 25.0 Å². The molecule has 3 heterocycles. The van der Waals surface area contributed by atoms with Gasteiger partial charge >= 0.3 is 6.09 Å². The molecule has 2 unspecified atom stereocenters. The summed E-state index contributed by atoms with van der Waals surface area (Å²) in [6, 6.07) is 5.93. The van der Waals surface area contributed by atoms with E-state index in [-0.39, 0.29) is 12.1 Å². The van der Waals surface area contributed by atoms with E-state index in [0.717, 1.165) is 25.2 Å². The Morgan fingerprint density at radius 1 is 1.37 bits per heavy atom. The second-order valence-corrected chi connectivity index (χ2v) is 4.90. The molecule has 2 aliphatic rings. The molecule has 1 N–H and O–H groups in total. The van der Waals surface area contributed by atoms with Crippen molar-refractivity contribution < 1.29 is 9.90 Å². The molecule has 1 aromatic heterocycles. The third-order valence-electron chi connectivity index (χ3n) is 3.99. The molecule has 6 heteroatoms. The molecule has 0 bridgehead atoms. The van der Waals surface area contributed by atoms with E-state index in [0.29, 0.717) is 12.1 Å². The van der Waals surface area contributed by atoms with E-state index in [1.807, 2.05) is 12.1 Å². The van der Waals surface area contributed by atoms with Crippen molar-refractivity contribution in [2.75, 3.05) is 18.0 Å². The van der Waals surface area contributed by atoms with Crippen LogP contribution in [0.4, 0.5) is 10.6 Å². The van der Waals surface area contributed by atoms with Gasteiger partial charge in [-0.1, -0.05) is 0 Å². The summed E-state index contributed by atoms with van der Waals surface area (Å²) in [6.45, 7) is 1.41. The van der Waals surface area contributed by atoms with Crippen molar-refractivity contribution in [1.29, 1.82) is 5.26 Å². The molecule has 1 amide bonds. The number of nitriles is 1. The Bertz CT molecular complexity index is 537. The first-order chi connectivity index (χ1) is 9.20. The fourth-order valence-electron chi connectivity index (χ4n) is 3.13. The fraction of sp³-hybridized carbons (Fsp3) is 0.462. The summed E-state index contributed by atoms with van der Waals surface area (Å²) in [5.41, 5.74) is 0.540. The van der Waals surface area contributed by atoms with Crippen LogP contribution >= 0.6 is 0 Å². The molecule has 19 heavy (non-hydrogen) atoms. The summed E-state index contributed by atoms with van der Waals surface area (Å²) >= 11 is 0. The highest BCUT2D eigenvalue weighted by molar-refractivity contribution is 5.66. The Morgan fingerprint density at radius 2 is 2.16 bits per heavy atom. The molecular formula is C13H14N4O2. The largest absolute Gasteiger partial charge is 0.465 e. The number of aromatic nitrogens is 1. The minimum Gasteiger partial charge on any atom is -0.465 e. The van der Waals surface area contributed by atoms with Crippen molar-refractivity contribution in [2.24, 2.45) is 0 Å². The first kappa shape index (κ1) is 11.8. The van der Waals surface area contributed by atoms with Crippen molar-refractivity contribution in [3.05, 3.63) is 23.9 Å². The lowest BCUT2D eigenvalue weighted by Gasteiger charge is -2.25. The lowest BCUT2D eigenvalue weighted by Crippen LogP contribution is -2.39. The van der Waals surface area contributed by atoms with Gasteiger partial charge in [-0.3, -0.25) is 0 Å². The molecule has 1 aromatic rings. The van der Waals surface area contributed by atoms with Gasteiger partial charge in [0.05, 0.1) is 17.6 Å². The average molecular weight is 258 g/mol. The Hall–Kier alpha value is -2.29. The van der Waals surface area contributed by atoms with Gasteiger partial charge in [-0.2, -0.15) is 5.26 Å². The third kappa shape index (κ3) is 1.87. The van der Waals surface area contributed by atoms with E-state index >= 15 is 0 Å². The second-order valence-electron chi connectivity index (χ2n) is 4.90. The minimum atomic E-state index is -0.831. The van der Waals surface area contributed by atoms with Crippen molar-refractivity contribution in [3.8, 4) is 6.07 Å². The maximum atomic E-state index is 11.1. The number of hydrogen-bond donors (Lipinski definition) is 1. The summed E-state index contributed by atoms with van der Waals surface area (Å²) in [5.74, 6) is 0.832. The third-order valence-corrected chi connectivity index (χ3v) is 3.99. The molecule has 98 valence electrons. The van der Waals surface area contributed by atoms with E-state index in [2.05, 4.69) is 9.88 Å². The number of carbonyl (C=O) groups is 1. The highest BCUT2D eigenvalue weighted by Crippen LogP contribution is 2.34. The molecule has 0 aromatic carbocycles. The molecule has 0 saturated carbocycles. The number of likely N-dealkylation sites (tertiary alicyclic amines) is 1. The molecule has 6 nitrogen and oxygen atoms in total. The molecule has 0 radical (unpaired) electrons. The van der Waals surface area contributed by atoms with Crippen LogP contribution in [0.3, 0.4) is 0 Å². The van der Waals surface area contributed by atoms with Gasteiger partial charge in [0.15, 0.2) is 0 Å². The standard InChI is InChI=1S/C13H14N4O2/c14-7-9-1-2-12(15-8-9)16-5-3-11-10(16)4-6-17(11)13(18)19/h1-2,8,10-11H,3-6H2,(H,18,19). The number of carboxylic acid groups (broad SMARTS) is 1. The summed E-state index contributed by atoms with van der Waals surface area (Å²) in [6.07, 6.45) is 2.42. The zero-order valence-corrected chi connectivity index (χ0v) is 10.4. The van der Waals surface area contributed by atoms with Gasteiger partial charge in [-0.15, -0.1) is 0 Å². The fourth-order valence-corrected chi connectivity index (χ4v) is 3.13. The van der Waals surface area contributed by atoms with E-state index in [1.54, 1.807) is 12.3 Å². The molecule has 2 fully saturated rings. The monoisotopic (exact) mass is 258 g/mol. The number of rotatable bonds is 1. The van der Waals surface area contributed by atoms with Crippen LogP contribution in [-0.2, 0) is 0 Å². The topological polar surface area (TPSA) is 80.5 Å². The SMILES string of the molecule is N#Cc1ccc(N2CCC3C2CCN3C(=O)O)nc1. The molecule has 0 aliphatic carbocycles. The quantitative estimate of drug-likeness (QED) is 0.820. The molecular weight excluding hydrogens is 244 g/mol. The summed E-state index contributed by atoms with van der Waals surface area (Å²) in [7, 11) is 0. The molecule has 2 atom stereocenters. The maximum absolute atomic E-state index is 11.1. The van der Waals surface area contributed by atoms with Crippen molar-refractivity contribution in [3.63, 3.8) is 0 Å². The number of pyridine rings is 1. The van der Waals surface area contributed by atoms with Crippen molar-refractivity contribution in [1.82, 2.24) is 9.88 Å². The minimum absolute atomic E-state index is 0.0787. The number of amides is 1. The van der Waals surface area contributed by atoms with Crippen LogP contribution in [0.1, 0.15) is 18.4 Å². The lowest BCUT2D eigenvalue weighted by atomic mass is 10.1. The van der Waals surface area contributed by atoms with Crippen LogP contribution in [0.2, 0.25) is 0 Å². The molecule has 2 saturated heterocycles. The maximum Gasteiger partial charge on any atom is 0.407 e. The van der Waals surface area contributed by atoms with Crippen LogP contribution < -0.4 is 4.90 Å². The van der Waals surface area contributed by atoms with Crippen LogP contribution in [0, 0.1) is 11.3 Å². The smallest absolute Gasteiger partial charge is 0.407 e. The predicted molar refractivity (Wildman–Crippen MR) is 67.8 cm³/mol. The van der Waals surface area contributed by atoms with Gasteiger partial charge in [-0.25, -0.2) is 9.78 Å². The number of nitrogens with zero attached hydrogens (tertiary/aromatic N) is 4. The van der Waals surface area contributed by atoms with E-state index < -0.39 is 6.09 Å².